The SMILES string of the molecule is CC1=C2C[C@@](C)(CO)C=C2C(=O)[C@](C)(O)C12CC2. The number of aliphatic hydroxyl groups is 2. The number of carbonyl (C=O) groups is 1. The van der Waals surface area contributed by atoms with Crippen molar-refractivity contribution in [1.82, 2.24) is 0 Å². The Morgan fingerprint density at radius 2 is 1.94 bits per heavy atom. The Balaban J connectivity index is 2.20. The van der Waals surface area contributed by atoms with Crippen molar-refractivity contribution < 1.29 is 15.0 Å². The molecule has 3 aliphatic rings. The lowest BCUT2D eigenvalue weighted by Gasteiger charge is -2.38. The molecule has 1 saturated carbocycles. The van der Waals surface area contributed by atoms with Crippen molar-refractivity contribution in [2.75, 3.05) is 6.61 Å². The molecule has 3 heteroatoms. The molecule has 0 heterocycles. The van der Waals surface area contributed by atoms with Crippen LogP contribution in [0.1, 0.15) is 40.0 Å². The molecule has 1 spiro atoms. The molecule has 0 aliphatic heterocycles. The zero-order chi connectivity index (χ0) is 13.3. The van der Waals surface area contributed by atoms with Crippen LogP contribution in [0.2, 0.25) is 0 Å². The Kier molecular flexibility index (Phi) is 2.12. The third kappa shape index (κ3) is 1.19. The average Bonchev–Trinajstić information content (AvgIpc) is 3.06. The number of hydrogen-bond donors (Lipinski definition) is 2. The maximum absolute atomic E-state index is 12.5. The van der Waals surface area contributed by atoms with Crippen molar-refractivity contribution in [2.24, 2.45) is 10.8 Å². The number of aliphatic hydroxyl groups excluding tert-OH is 1. The molecule has 3 rings (SSSR count). The second-order valence-electron chi connectivity index (χ2n) is 6.63. The van der Waals surface area contributed by atoms with E-state index in [9.17, 15) is 15.0 Å². The highest BCUT2D eigenvalue weighted by atomic mass is 16.3. The van der Waals surface area contributed by atoms with Gasteiger partial charge in [0, 0.05) is 16.4 Å². The van der Waals surface area contributed by atoms with Gasteiger partial charge in [-0.05, 0) is 38.7 Å². The molecule has 18 heavy (non-hydrogen) atoms. The second-order valence-corrected chi connectivity index (χ2v) is 6.63. The highest BCUT2D eigenvalue weighted by Gasteiger charge is 2.65. The summed E-state index contributed by atoms with van der Waals surface area (Å²) in [5.74, 6) is -0.155. The van der Waals surface area contributed by atoms with E-state index in [0.717, 1.165) is 24.0 Å². The van der Waals surface area contributed by atoms with E-state index in [1.807, 2.05) is 19.9 Å². The maximum Gasteiger partial charge on any atom is 0.194 e. The van der Waals surface area contributed by atoms with Gasteiger partial charge in [-0.15, -0.1) is 0 Å². The van der Waals surface area contributed by atoms with Crippen LogP contribution in [0.15, 0.2) is 22.8 Å². The summed E-state index contributed by atoms with van der Waals surface area (Å²) in [5, 5.41) is 20.1. The molecule has 0 aromatic rings. The van der Waals surface area contributed by atoms with Gasteiger partial charge in [0.1, 0.15) is 5.60 Å². The summed E-state index contributed by atoms with van der Waals surface area (Å²) in [6.07, 6.45) is 4.36. The smallest absolute Gasteiger partial charge is 0.194 e. The van der Waals surface area contributed by atoms with Gasteiger partial charge in [-0.25, -0.2) is 0 Å². The van der Waals surface area contributed by atoms with Crippen molar-refractivity contribution in [3.05, 3.63) is 22.8 Å². The minimum Gasteiger partial charge on any atom is -0.395 e. The highest BCUT2D eigenvalue weighted by molar-refractivity contribution is 6.08. The first-order valence-corrected chi connectivity index (χ1v) is 6.59. The number of ketones is 1. The number of carbonyl (C=O) groups excluding carboxylic acids is 1. The first kappa shape index (κ1) is 12.1. The third-order valence-corrected chi connectivity index (χ3v) is 5.30. The number of allylic oxidation sites excluding steroid dienone is 1. The van der Waals surface area contributed by atoms with E-state index in [2.05, 4.69) is 0 Å². The Labute approximate surface area is 107 Å². The standard InChI is InChI=1S/C15H20O3/c1-9-10-6-13(2,8-16)7-11(10)12(17)14(3,18)15(9)4-5-15/h7,16,18H,4-6,8H2,1-3H3/t13-,14+/m1/s1. The lowest BCUT2D eigenvalue weighted by atomic mass is 9.68. The number of rotatable bonds is 1. The zero-order valence-corrected chi connectivity index (χ0v) is 11.2. The fraction of sp³-hybridized carbons (Fsp3) is 0.667. The largest absolute Gasteiger partial charge is 0.395 e. The van der Waals surface area contributed by atoms with Crippen molar-refractivity contribution in [3.63, 3.8) is 0 Å². The molecule has 0 bridgehead atoms. The van der Waals surface area contributed by atoms with E-state index < -0.39 is 5.60 Å². The minimum atomic E-state index is -1.27. The predicted molar refractivity (Wildman–Crippen MR) is 67.9 cm³/mol. The van der Waals surface area contributed by atoms with Crippen LogP contribution < -0.4 is 0 Å². The molecule has 98 valence electrons. The second kappa shape index (κ2) is 3.14. The van der Waals surface area contributed by atoms with Crippen LogP contribution in [0.25, 0.3) is 0 Å². The lowest BCUT2D eigenvalue weighted by molar-refractivity contribution is -0.137. The summed E-state index contributed by atoms with van der Waals surface area (Å²) in [4.78, 5) is 12.5. The average molecular weight is 248 g/mol. The van der Waals surface area contributed by atoms with E-state index in [1.165, 1.54) is 0 Å². The molecule has 0 unspecified atom stereocenters. The third-order valence-electron chi connectivity index (χ3n) is 5.30. The molecular formula is C15H20O3. The van der Waals surface area contributed by atoms with Gasteiger partial charge in [-0.1, -0.05) is 18.6 Å². The summed E-state index contributed by atoms with van der Waals surface area (Å²) in [5.41, 5.74) is 0.936. The molecule has 1 fully saturated rings. The normalized spacial score (nSPS) is 41.2. The van der Waals surface area contributed by atoms with Crippen LogP contribution in [0.3, 0.4) is 0 Å². The fourth-order valence-corrected chi connectivity index (χ4v) is 3.74. The summed E-state index contributed by atoms with van der Waals surface area (Å²) < 4.78 is 0. The van der Waals surface area contributed by atoms with Crippen molar-refractivity contribution in [3.8, 4) is 0 Å². The molecule has 2 atom stereocenters. The maximum atomic E-state index is 12.5. The van der Waals surface area contributed by atoms with E-state index in [-0.39, 0.29) is 23.2 Å². The molecule has 0 aromatic carbocycles. The topological polar surface area (TPSA) is 57.5 Å². The van der Waals surface area contributed by atoms with Crippen LogP contribution in [-0.2, 0) is 4.79 Å². The van der Waals surface area contributed by atoms with Crippen molar-refractivity contribution in [2.45, 2.75) is 45.6 Å². The van der Waals surface area contributed by atoms with Gasteiger partial charge in [0.15, 0.2) is 5.78 Å². The Morgan fingerprint density at radius 3 is 2.44 bits per heavy atom. The molecule has 0 radical (unpaired) electrons. The fourth-order valence-electron chi connectivity index (χ4n) is 3.74. The van der Waals surface area contributed by atoms with Gasteiger partial charge in [0.2, 0.25) is 0 Å². The molecule has 3 nitrogen and oxygen atoms in total. The van der Waals surface area contributed by atoms with Crippen LogP contribution in [0.4, 0.5) is 0 Å². The molecule has 2 N–H and O–H groups in total. The molecule has 3 aliphatic carbocycles. The molecule has 0 aromatic heterocycles. The predicted octanol–water partition coefficient (Wildman–Crippen LogP) is 1.75. The van der Waals surface area contributed by atoms with Crippen molar-refractivity contribution >= 4 is 5.78 Å². The Morgan fingerprint density at radius 1 is 1.33 bits per heavy atom. The number of fused-ring (bicyclic) bond motifs is 1. The van der Waals surface area contributed by atoms with Crippen LogP contribution >= 0.6 is 0 Å². The highest BCUT2D eigenvalue weighted by Crippen LogP contribution is 2.65. The van der Waals surface area contributed by atoms with Gasteiger partial charge >= 0.3 is 0 Å². The van der Waals surface area contributed by atoms with Crippen LogP contribution in [0, 0.1) is 10.8 Å². The summed E-state index contributed by atoms with van der Waals surface area (Å²) >= 11 is 0. The van der Waals surface area contributed by atoms with Crippen LogP contribution in [0.5, 0.6) is 0 Å². The monoisotopic (exact) mass is 248 g/mol. The Bertz CT molecular complexity index is 506. The van der Waals surface area contributed by atoms with Gasteiger partial charge in [0.05, 0.1) is 6.61 Å². The number of Topliss-reactive ketones (excluding diaryl/α,β-unsaturated/α-hetero) is 1. The Hall–Kier alpha value is -0.930. The number of hydrogen-bond acceptors (Lipinski definition) is 3. The summed E-state index contributed by atoms with van der Waals surface area (Å²) in [6.45, 7) is 5.69. The first-order chi connectivity index (χ1) is 8.27. The quantitative estimate of drug-likeness (QED) is 0.743. The first-order valence-electron chi connectivity index (χ1n) is 6.59. The van der Waals surface area contributed by atoms with Crippen LogP contribution in [-0.4, -0.2) is 28.2 Å². The van der Waals surface area contributed by atoms with E-state index >= 15 is 0 Å². The minimum absolute atomic E-state index is 0.0374. The zero-order valence-electron chi connectivity index (χ0n) is 11.2. The van der Waals surface area contributed by atoms with Gasteiger partial charge < -0.3 is 10.2 Å². The molecule has 0 amide bonds. The van der Waals surface area contributed by atoms with E-state index in [1.54, 1.807) is 6.92 Å². The van der Waals surface area contributed by atoms with E-state index in [4.69, 9.17) is 0 Å². The molecule has 0 saturated heterocycles. The summed E-state index contributed by atoms with van der Waals surface area (Å²) in [7, 11) is 0. The molecular weight excluding hydrogens is 228 g/mol. The van der Waals surface area contributed by atoms with Gasteiger partial charge in [0.25, 0.3) is 0 Å². The summed E-state index contributed by atoms with van der Waals surface area (Å²) in [6, 6.07) is 0. The van der Waals surface area contributed by atoms with Gasteiger partial charge in [-0.2, -0.15) is 0 Å². The van der Waals surface area contributed by atoms with Crippen molar-refractivity contribution in [1.29, 1.82) is 0 Å². The lowest BCUT2D eigenvalue weighted by Crippen LogP contribution is -2.49. The van der Waals surface area contributed by atoms with E-state index in [0.29, 0.717) is 12.0 Å². The van der Waals surface area contributed by atoms with Gasteiger partial charge in [-0.3, -0.25) is 4.79 Å².